The van der Waals surface area contributed by atoms with Crippen molar-refractivity contribution in [2.45, 2.75) is 24.7 Å². The van der Waals surface area contributed by atoms with Gasteiger partial charge in [-0.2, -0.15) is 0 Å². The van der Waals surface area contributed by atoms with E-state index in [9.17, 15) is 13.2 Å². The van der Waals surface area contributed by atoms with Crippen LogP contribution in [0, 0.1) is 6.92 Å². The number of fused-ring (bicyclic) bond motifs is 1. The van der Waals surface area contributed by atoms with E-state index in [-0.39, 0.29) is 22.5 Å². The molecular weight excluding hydrogens is 495 g/mol. The van der Waals surface area contributed by atoms with Gasteiger partial charge in [0, 0.05) is 17.3 Å². The van der Waals surface area contributed by atoms with Gasteiger partial charge < -0.3 is 9.64 Å². The number of benzene rings is 2. The Bertz CT molecular complexity index is 1280. The van der Waals surface area contributed by atoms with Crippen LogP contribution in [0.4, 0.5) is 10.8 Å². The summed E-state index contributed by atoms with van der Waals surface area (Å²) in [6.45, 7) is 2.04. The average molecular weight is 513 g/mol. The number of hydrogen-bond donors (Lipinski definition) is 1. The molecule has 0 unspecified atom stereocenters. The van der Waals surface area contributed by atoms with E-state index in [2.05, 4.69) is 14.9 Å². The fourth-order valence-electron chi connectivity index (χ4n) is 3.32. The number of nitrogens with one attached hydrogen (secondary N) is 1. The second-order valence-corrected chi connectivity index (χ2v) is 10.7. The number of nitrogens with zero attached hydrogens (tertiary/aromatic N) is 3. The first-order chi connectivity index (χ1) is 15.2. The van der Waals surface area contributed by atoms with E-state index in [1.165, 1.54) is 12.1 Å². The van der Waals surface area contributed by atoms with Gasteiger partial charge in [0.15, 0.2) is 6.61 Å². The number of sulfonamides is 1. The molecule has 0 spiro atoms. The van der Waals surface area contributed by atoms with Crippen molar-refractivity contribution < 1.29 is 17.9 Å². The van der Waals surface area contributed by atoms with Crippen LogP contribution in [-0.2, 0) is 21.2 Å². The van der Waals surface area contributed by atoms with E-state index in [4.69, 9.17) is 27.9 Å². The third-order valence-electron chi connectivity index (χ3n) is 4.77. The number of hydrogen-bond acceptors (Lipinski definition) is 7. The zero-order valence-electron chi connectivity index (χ0n) is 16.8. The number of anilines is 2. The van der Waals surface area contributed by atoms with Crippen LogP contribution in [0.1, 0.15) is 17.0 Å². The monoisotopic (exact) mass is 512 g/mol. The van der Waals surface area contributed by atoms with Crippen molar-refractivity contribution >= 4 is 61.3 Å². The van der Waals surface area contributed by atoms with Crippen LogP contribution in [0.5, 0.6) is 5.75 Å². The van der Waals surface area contributed by atoms with Gasteiger partial charge in [0.05, 0.1) is 9.92 Å². The number of ether oxygens (including phenoxy) is 1. The Morgan fingerprint density at radius 1 is 1.22 bits per heavy atom. The molecule has 1 aliphatic heterocycles. The zero-order chi connectivity index (χ0) is 22.9. The summed E-state index contributed by atoms with van der Waals surface area (Å²) in [6, 6.07) is 9.47. The van der Waals surface area contributed by atoms with E-state index < -0.39 is 10.0 Å². The maximum atomic E-state index is 12.8. The van der Waals surface area contributed by atoms with Gasteiger partial charge in [-0.25, -0.2) is 8.42 Å². The lowest BCUT2D eigenvalue weighted by Crippen LogP contribution is -2.38. The molecule has 0 saturated heterocycles. The highest BCUT2D eigenvalue weighted by molar-refractivity contribution is 7.93. The summed E-state index contributed by atoms with van der Waals surface area (Å²) >= 11 is 13.1. The normalized spacial score (nSPS) is 13.5. The molecular formula is C20H18Cl2N4O4S2. The lowest BCUT2D eigenvalue weighted by Gasteiger charge is -2.30. The summed E-state index contributed by atoms with van der Waals surface area (Å²) in [6.07, 6.45) is 1.36. The highest BCUT2D eigenvalue weighted by Crippen LogP contribution is 2.31. The van der Waals surface area contributed by atoms with E-state index in [1.54, 1.807) is 36.1 Å². The van der Waals surface area contributed by atoms with Crippen LogP contribution in [0.2, 0.25) is 10.0 Å². The van der Waals surface area contributed by atoms with Crippen LogP contribution in [0.3, 0.4) is 0 Å². The van der Waals surface area contributed by atoms with Gasteiger partial charge in [-0.3, -0.25) is 9.52 Å². The minimum Gasteiger partial charge on any atom is -0.482 e. The van der Waals surface area contributed by atoms with Gasteiger partial charge in [-0.15, -0.1) is 10.2 Å². The van der Waals surface area contributed by atoms with E-state index in [1.807, 2.05) is 0 Å². The molecule has 12 heteroatoms. The summed E-state index contributed by atoms with van der Waals surface area (Å²) in [7, 11) is -3.82. The quantitative estimate of drug-likeness (QED) is 0.527. The summed E-state index contributed by atoms with van der Waals surface area (Å²) < 4.78 is 33.5. The van der Waals surface area contributed by atoms with Gasteiger partial charge in [-0.1, -0.05) is 34.5 Å². The molecule has 1 N–H and O–H groups in total. The van der Waals surface area contributed by atoms with Crippen LogP contribution in [0.15, 0.2) is 41.3 Å². The second kappa shape index (κ2) is 9.22. The Labute approximate surface area is 199 Å². The molecule has 2 aromatic carbocycles. The van der Waals surface area contributed by atoms with Crippen molar-refractivity contribution in [3.8, 4) is 5.75 Å². The largest absolute Gasteiger partial charge is 0.482 e. The molecule has 3 aromatic rings. The highest BCUT2D eigenvalue weighted by Gasteiger charge is 2.26. The Morgan fingerprint density at radius 2 is 2.03 bits per heavy atom. The third kappa shape index (κ3) is 4.98. The molecule has 0 aliphatic carbocycles. The van der Waals surface area contributed by atoms with Crippen molar-refractivity contribution in [2.75, 3.05) is 22.8 Å². The smallest absolute Gasteiger partial charge is 0.264 e. The van der Waals surface area contributed by atoms with Crippen molar-refractivity contribution in [2.24, 2.45) is 0 Å². The number of rotatable bonds is 6. The van der Waals surface area contributed by atoms with Gasteiger partial charge in [0.1, 0.15) is 10.8 Å². The first-order valence-corrected chi connectivity index (χ1v) is 12.6. The molecule has 1 aromatic heterocycles. The summed E-state index contributed by atoms with van der Waals surface area (Å²) in [5.41, 5.74) is 1.43. The molecule has 0 bridgehead atoms. The standard InChI is InChI=1S/C20H18Cl2N4O4S2/c1-12-23-24-20(31-12)25-32(28,29)15-5-6-17-13(9-15)3-2-8-26(17)19(27)11-30-18-7-4-14(21)10-16(18)22/h4-7,9-10H,2-3,8,11H2,1H3,(H,24,25). The predicted octanol–water partition coefficient (Wildman–Crippen LogP) is 4.31. The van der Waals surface area contributed by atoms with Crippen LogP contribution >= 0.6 is 34.5 Å². The first kappa shape index (κ1) is 22.8. The lowest BCUT2D eigenvalue weighted by molar-refractivity contribution is -0.120. The second-order valence-electron chi connectivity index (χ2n) is 7.03. The van der Waals surface area contributed by atoms with Crippen molar-refractivity contribution in [1.82, 2.24) is 10.2 Å². The minimum absolute atomic E-state index is 0.0996. The van der Waals surface area contributed by atoms with Crippen molar-refractivity contribution in [3.63, 3.8) is 0 Å². The number of aromatic nitrogens is 2. The molecule has 168 valence electrons. The molecule has 8 nitrogen and oxygen atoms in total. The number of halogens is 2. The molecule has 0 radical (unpaired) electrons. The van der Waals surface area contributed by atoms with E-state index >= 15 is 0 Å². The maximum Gasteiger partial charge on any atom is 0.264 e. The van der Waals surface area contributed by atoms with Gasteiger partial charge in [0.25, 0.3) is 15.9 Å². The highest BCUT2D eigenvalue weighted by atomic mass is 35.5. The van der Waals surface area contributed by atoms with Crippen LogP contribution < -0.4 is 14.4 Å². The SMILES string of the molecule is Cc1nnc(NS(=O)(=O)c2ccc3c(c2)CCCN3C(=O)COc2ccc(Cl)cc2Cl)s1. The molecule has 0 fully saturated rings. The zero-order valence-corrected chi connectivity index (χ0v) is 20.0. The van der Waals surface area contributed by atoms with Gasteiger partial charge >= 0.3 is 0 Å². The first-order valence-electron chi connectivity index (χ1n) is 9.57. The minimum atomic E-state index is -3.82. The lowest BCUT2D eigenvalue weighted by atomic mass is 10.0. The summed E-state index contributed by atoms with van der Waals surface area (Å²) in [5, 5.41) is 9.26. The van der Waals surface area contributed by atoms with E-state index in [0.29, 0.717) is 45.9 Å². The third-order valence-corrected chi connectivity index (χ3v) is 7.52. The maximum absolute atomic E-state index is 12.8. The number of amides is 1. The molecule has 1 aliphatic rings. The number of carbonyl (C=O) groups excluding carboxylic acids is 1. The molecule has 2 heterocycles. The summed E-state index contributed by atoms with van der Waals surface area (Å²) in [5.74, 6) is 0.108. The molecule has 32 heavy (non-hydrogen) atoms. The fourth-order valence-corrected chi connectivity index (χ4v) is 5.66. The molecule has 1 amide bonds. The predicted molar refractivity (Wildman–Crippen MR) is 125 cm³/mol. The number of carbonyl (C=O) groups is 1. The van der Waals surface area contributed by atoms with Crippen molar-refractivity contribution in [1.29, 1.82) is 0 Å². The van der Waals surface area contributed by atoms with Crippen LogP contribution in [-0.4, -0.2) is 37.7 Å². The fraction of sp³-hybridized carbons (Fsp3) is 0.250. The summed E-state index contributed by atoms with van der Waals surface area (Å²) in [4.78, 5) is 14.5. The molecule has 0 atom stereocenters. The Balaban J connectivity index is 1.50. The van der Waals surface area contributed by atoms with Crippen LogP contribution in [0.25, 0.3) is 0 Å². The average Bonchev–Trinajstić information content (AvgIpc) is 3.15. The number of aryl methyl sites for hydroxylation is 2. The topological polar surface area (TPSA) is 101 Å². The Kier molecular flexibility index (Phi) is 6.57. The van der Waals surface area contributed by atoms with Crippen molar-refractivity contribution in [3.05, 3.63) is 57.0 Å². The van der Waals surface area contributed by atoms with E-state index in [0.717, 1.165) is 16.9 Å². The Morgan fingerprint density at radius 3 is 2.75 bits per heavy atom. The molecule has 4 rings (SSSR count). The Hall–Kier alpha value is -2.40. The van der Waals surface area contributed by atoms with Gasteiger partial charge in [-0.05, 0) is 61.7 Å². The van der Waals surface area contributed by atoms with Gasteiger partial charge in [0.2, 0.25) is 5.13 Å². The molecule has 0 saturated carbocycles.